The Bertz CT molecular complexity index is 188. The SMILES string of the molecule is B[C@@H]1O[C@@]2(CO)COC1C2OC. The molecule has 4 atom stereocenters. The van der Waals surface area contributed by atoms with Crippen LogP contribution >= 0.6 is 0 Å². The van der Waals surface area contributed by atoms with Gasteiger partial charge in [0, 0.05) is 7.11 Å². The van der Waals surface area contributed by atoms with Gasteiger partial charge in [-0.25, -0.2) is 0 Å². The van der Waals surface area contributed by atoms with Crippen LogP contribution in [-0.4, -0.2) is 57.1 Å². The molecule has 0 aromatic heterocycles. The van der Waals surface area contributed by atoms with E-state index < -0.39 is 5.60 Å². The molecule has 2 aliphatic heterocycles. The quantitative estimate of drug-likeness (QED) is 0.495. The highest BCUT2D eigenvalue weighted by Gasteiger charge is 2.60. The first-order valence-corrected chi connectivity index (χ1v) is 4.16. The number of rotatable bonds is 2. The van der Waals surface area contributed by atoms with Crippen LogP contribution in [0.25, 0.3) is 0 Å². The topological polar surface area (TPSA) is 47.9 Å². The third-order valence-electron chi connectivity index (χ3n) is 2.74. The number of ether oxygens (including phenoxy) is 3. The van der Waals surface area contributed by atoms with E-state index in [4.69, 9.17) is 14.2 Å². The Labute approximate surface area is 72.2 Å². The Morgan fingerprint density at radius 2 is 2.50 bits per heavy atom. The van der Waals surface area contributed by atoms with E-state index >= 15 is 0 Å². The molecule has 2 fully saturated rings. The molecule has 0 amide bonds. The van der Waals surface area contributed by atoms with Gasteiger partial charge in [-0.15, -0.1) is 0 Å². The van der Waals surface area contributed by atoms with E-state index in [0.29, 0.717) is 6.61 Å². The van der Waals surface area contributed by atoms with E-state index in [1.807, 2.05) is 7.85 Å². The summed E-state index contributed by atoms with van der Waals surface area (Å²) < 4.78 is 16.3. The first-order chi connectivity index (χ1) is 5.73. The molecular formula is C7H13BO4. The Kier molecular flexibility index (Phi) is 1.91. The summed E-state index contributed by atoms with van der Waals surface area (Å²) in [6, 6.07) is 0.0239. The summed E-state index contributed by atoms with van der Waals surface area (Å²) in [6.07, 6.45) is -0.125. The smallest absolute Gasteiger partial charge is 0.142 e. The molecule has 2 unspecified atom stereocenters. The first kappa shape index (κ1) is 8.50. The van der Waals surface area contributed by atoms with Gasteiger partial charge in [0.1, 0.15) is 25.7 Å². The lowest BCUT2D eigenvalue weighted by atomic mass is 9.92. The second-order valence-corrected chi connectivity index (χ2v) is 3.48. The van der Waals surface area contributed by atoms with Crippen molar-refractivity contribution in [3.63, 3.8) is 0 Å². The van der Waals surface area contributed by atoms with Crippen molar-refractivity contribution in [2.24, 2.45) is 0 Å². The van der Waals surface area contributed by atoms with Gasteiger partial charge in [-0.05, 0) is 0 Å². The maximum Gasteiger partial charge on any atom is 0.142 e. The number of hydrogen-bond donors (Lipinski definition) is 1. The Hall–Kier alpha value is -0.0951. The normalized spacial score (nSPS) is 51.7. The maximum absolute atomic E-state index is 9.18. The van der Waals surface area contributed by atoms with Crippen LogP contribution in [0.3, 0.4) is 0 Å². The Morgan fingerprint density at radius 1 is 1.75 bits per heavy atom. The fourth-order valence-electron chi connectivity index (χ4n) is 2.15. The number of aliphatic hydroxyl groups excluding tert-OH is 1. The van der Waals surface area contributed by atoms with Crippen LogP contribution < -0.4 is 0 Å². The summed E-state index contributed by atoms with van der Waals surface area (Å²) in [7, 11) is 3.56. The highest BCUT2D eigenvalue weighted by Crippen LogP contribution is 2.40. The van der Waals surface area contributed by atoms with Gasteiger partial charge in [0.05, 0.1) is 19.2 Å². The van der Waals surface area contributed by atoms with Crippen LogP contribution in [-0.2, 0) is 14.2 Å². The highest BCUT2D eigenvalue weighted by molar-refractivity contribution is 6.11. The molecule has 4 nitrogen and oxygen atoms in total. The van der Waals surface area contributed by atoms with Crippen molar-refractivity contribution < 1.29 is 19.3 Å². The minimum absolute atomic E-state index is 0.0119. The largest absolute Gasteiger partial charge is 0.393 e. The zero-order chi connectivity index (χ0) is 8.77. The predicted octanol–water partition coefficient (Wildman–Crippen LogP) is -1.88. The van der Waals surface area contributed by atoms with Crippen molar-refractivity contribution in [1.29, 1.82) is 0 Å². The molecule has 0 saturated carbocycles. The monoisotopic (exact) mass is 172 g/mol. The third kappa shape index (κ3) is 0.878. The standard InChI is InChI=1S/C7H13BO4/c1-10-5-4-6(8)12-7(5,2-9)3-11-4/h4-6,9H,2-3,8H2,1H3/t4?,5?,6-,7+/m1/s1. The zero-order valence-corrected chi connectivity index (χ0v) is 7.32. The molecule has 2 aliphatic rings. The average molecular weight is 172 g/mol. The first-order valence-electron chi connectivity index (χ1n) is 4.16. The van der Waals surface area contributed by atoms with Gasteiger partial charge in [0.25, 0.3) is 0 Å². The van der Waals surface area contributed by atoms with Crippen LogP contribution in [0.2, 0.25) is 0 Å². The highest BCUT2D eigenvalue weighted by atomic mass is 16.7. The van der Waals surface area contributed by atoms with Gasteiger partial charge in [0.15, 0.2) is 0 Å². The molecule has 2 saturated heterocycles. The second-order valence-electron chi connectivity index (χ2n) is 3.48. The Morgan fingerprint density at radius 3 is 2.92 bits per heavy atom. The lowest BCUT2D eigenvalue weighted by Gasteiger charge is -2.27. The molecule has 2 bridgehead atoms. The fourth-order valence-corrected chi connectivity index (χ4v) is 2.15. The Balaban J connectivity index is 2.23. The predicted molar refractivity (Wildman–Crippen MR) is 43.8 cm³/mol. The van der Waals surface area contributed by atoms with Gasteiger partial charge in [-0.2, -0.15) is 0 Å². The lowest BCUT2D eigenvalue weighted by molar-refractivity contribution is -0.138. The summed E-state index contributed by atoms with van der Waals surface area (Å²) in [5.41, 5.74) is -0.598. The number of hydrogen-bond acceptors (Lipinski definition) is 4. The fraction of sp³-hybridized carbons (Fsp3) is 1.00. The van der Waals surface area contributed by atoms with Crippen LogP contribution in [0.1, 0.15) is 0 Å². The molecule has 0 aromatic carbocycles. The van der Waals surface area contributed by atoms with Gasteiger partial charge in [-0.3, -0.25) is 0 Å². The lowest BCUT2D eigenvalue weighted by Crippen LogP contribution is -2.45. The van der Waals surface area contributed by atoms with E-state index in [1.54, 1.807) is 7.11 Å². The molecule has 0 aromatic rings. The van der Waals surface area contributed by atoms with E-state index in [-0.39, 0.29) is 24.8 Å². The van der Waals surface area contributed by atoms with Crippen molar-refractivity contribution >= 4 is 7.85 Å². The van der Waals surface area contributed by atoms with Gasteiger partial charge in [0.2, 0.25) is 0 Å². The summed E-state index contributed by atoms with van der Waals surface area (Å²) in [5, 5.41) is 9.18. The summed E-state index contributed by atoms with van der Waals surface area (Å²) in [6.45, 7) is 0.406. The average Bonchev–Trinajstić information content (AvgIpc) is 2.56. The third-order valence-corrected chi connectivity index (χ3v) is 2.74. The number of fused-ring (bicyclic) bond motifs is 2. The minimum atomic E-state index is -0.598. The molecule has 0 radical (unpaired) electrons. The molecular weight excluding hydrogens is 159 g/mol. The molecule has 2 heterocycles. The van der Waals surface area contributed by atoms with Crippen molar-refractivity contribution in [1.82, 2.24) is 0 Å². The van der Waals surface area contributed by atoms with Gasteiger partial charge in [-0.1, -0.05) is 0 Å². The molecule has 0 spiro atoms. The van der Waals surface area contributed by atoms with Crippen LogP contribution in [0.15, 0.2) is 0 Å². The summed E-state index contributed by atoms with van der Waals surface area (Å²) in [4.78, 5) is 0. The maximum atomic E-state index is 9.18. The minimum Gasteiger partial charge on any atom is -0.393 e. The van der Waals surface area contributed by atoms with Crippen molar-refractivity contribution in [2.75, 3.05) is 20.3 Å². The molecule has 12 heavy (non-hydrogen) atoms. The van der Waals surface area contributed by atoms with Crippen LogP contribution in [0.5, 0.6) is 0 Å². The molecule has 2 rings (SSSR count). The van der Waals surface area contributed by atoms with Crippen LogP contribution in [0.4, 0.5) is 0 Å². The van der Waals surface area contributed by atoms with Gasteiger partial charge < -0.3 is 19.3 Å². The van der Waals surface area contributed by atoms with E-state index in [9.17, 15) is 5.11 Å². The van der Waals surface area contributed by atoms with E-state index in [1.165, 1.54) is 0 Å². The summed E-state index contributed by atoms with van der Waals surface area (Å²) >= 11 is 0. The molecule has 1 N–H and O–H groups in total. The van der Waals surface area contributed by atoms with Gasteiger partial charge >= 0.3 is 0 Å². The van der Waals surface area contributed by atoms with Crippen molar-refractivity contribution in [2.45, 2.75) is 23.8 Å². The summed E-state index contributed by atoms with van der Waals surface area (Å²) in [5.74, 6) is 0. The van der Waals surface area contributed by atoms with Crippen LogP contribution in [0, 0.1) is 0 Å². The van der Waals surface area contributed by atoms with Crippen molar-refractivity contribution in [3.8, 4) is 0 Å². The molecule has 0 aliphatic carbocycles. The van der Waals surface area contributed by atoms with E-state index in [0.717, 1.165) is 0 Å². The number of aliphatic hydroxyl groups is 1. The van der Waals surface area contributed by atoms with E-state index in [2.05, 4.69) is 0 Å². The molecule has 68 valence electrons. The van der Waals surface area contributed by atoms with Crippen molar-refractivity contribution in [3.05, 3.63) is 0 Å². The number of methoxy groups -OCH3 is 1. The zero-order valence-electron chi connectivity index (χ0n) is 7.32. The second kappa shape index (κ2) is 2.70. The molecule has 5 heteroatoms.